The number of amides is 1. The first-order valence-corrected chi connectivity index (χ1v) is 7.27. The lowest BCUT2D eigenvalue weighted by Gasteiger charge is -2.10. The van der Waals surface area contributed by atoms with Crippen molar-refractivity contribution >= 4 is 11.6 Å². The SMILES string of the molecule is CC(C)CC(=NNC(=O)c1ccc(O)cc1)c1ccccc1. The molecule has 2 N–H and O–H groups in total. The predicted molar refractivity (Wildman–Crippen MR) is 88.0 cm³/mol. The van der Waals surface area contributed by atoms with Gasteiger partial charge in [-0.3, -0.25) is 4.79 Å². The maximum Gasteiger partial charge on any atom is 0.271 e. The first-order valence-electron chi connectivity index (χ1n) is 7.27. The molecule has 0 radical (unpaired) electrons. The molecule has 2 aromatic rings. The summed E-state index contributed by atoms with van der Waals surface area (Å²) in [5.74, 6) is 0.270. The Kier molecular flexibility index (Phi) is 5.31. The Bertz CT molecular complexity index is 647. The molecule has 2 aromatic carbocycles. The number of nitrogens with one attached hydrogen (secondary N) is 1. The summed E-state index contributed by atoms with van der Waals surface area (Å²) >= 11 is 0. The van der Waals surface area contributed by atoms with Gasteiger partial charge in [0.05, 0.1) is 5.71 Å². The van der Waals surface area contributed by atoms with Crippen LogP contribution in [0.15, 0.2) is 59.7 Å². The topological polar surface area (TPSA) is 61.7 Å². The van der Waals surface area contributed by atoms with Crippen molar-refractivity contribution in [2.24, 2.45) is 11.0 Å². The minimum Gasteiger partial charge on any atom is -0.508 e. The Balaban J connectivity index is 2.15. The number of rotatable bonds is 5. The second kappa shape index (κ2) is 7.41. The van der Waals surface area contributed by atoms with Crippen LogP contribution in [0.5, 0.6) is 5.75 Å². The van der Waals surface area contributed by atoms with E-state index in [1.165, 1.54) is 12.1 Å². The highest BCUT2D eigenvalue weighted by molar-refractivity contribution is 6.02. The van der Waals surface area contributed by atoms with Crippen molar-refractivity contribution in [1.29, 1.82) is 0 Å². The second-order valence-electron chi connectivity index (χ2n) is 5.51. The first kappa shape index (κ1) is 15.8. The van der Waals surface area contributed by atoms with Crippen LogP contribution in [-0.2, 0) is 0 Å². The van der Waals surface area contributed by atoms with Crippen molar-refractivity contribution in [3.63, 3.8) is 0 Å². The van der Waals surface area contributed by atoms with Gasteiger partial charge in [-0.25, -0.2) is 5.43 Å². The number of benzene rings is 2. The minimum absolute atomic E-state index is 0.129. The number of phenolic OH excluding ortho intramolecular Hbond substituents is 1. The van der Waals surface area contributed by atoms with E-state index in [9.17, 15) is 9.90 Å². The van der Waals surface area contributed by atoms with E-state index in [2.05, 4.69) is 24.4 Å². The molecule has 0 aliphatic rings. The van der Waals surface area contributed by atoms with Crippen molar-refractivity contribution in [2.45, 2.75) is 20.3 Å². The highest BCUT2D eigenvalue weighted by atomic mass is 16.3. The van der Waals surface area contributed by atoms with E-state index in [4.69, 9.17) is 0 Å². The fourth-order valence-corrected chi connectivity index (χ4v) is 2.04. The number of hydrazone groups is 1. The zero-order valence-corrected chi connectivity index (χ0v) is 12.8. The number of phenols is 1. The van der Waals surface area contributed by atoms with Gasteiger partial charge < -0.3 is 5.11 Å². The van der Waals surface area contributed by atoms with Gasteiger partial charge in [-0.2, -0.15) is 5.10 Å². The quantitative estimate of drug-likeness (QED) is 0.654. The summed E-state index contributed by atoms with van der Waals surface area (Å²) in [6.45, 7) is 4.22. The van der Waals surface area contributed by atoms with Gasteiger partial charge in [0, 0.05) is 5.56 Å². The predicted octanol–water partition coefficient (Wildman–Crippen LogP) is 3.57. The molecule has 0 aliphatic carbocycles. The van der Waals surface area contributed by atoms with Crippen molar-refractivity contribution < 1.29 is 9.90 Å². The van der Waals surface area contributed by atoms with Crippen LogP contribution in [0.2, 0.25) is 0 Å². The molecule has 4 heteroatoms. The van der Waals surface area contributed by atoms with E-state index >= 15 is 0 Å². The third kappa shape index (κ3) is 4.45. The van der Waals surface area contributed by atoms with Crippen LogP contribution >= 0.6 is 0 Å². The van der Waals surface area contributed by atoms with Gasteiger partial charge in [-0.05, 0) is 42.2 Å². The molecule has 0 fully saturated rings. The molecule has 0 saturated carbocycles. The fourth-order valence-electron chi connectivity index (χ4n) is 2.04. The second-order valence-corrected chi connectivity index (χ2v) is 5.51. The van der Waals surface area contributed by atoms with Gasteiger partial charge in [0.15, 0.2) is 0 Å². The third-order valence-corrected chi connectivity index (χ3v) is 3.13. The summed E-state index contributed by atoms with van der Waals surface area (Å²) in [4.78, 5) is 12.1. The van der Waals surface area contributed by atoms with Gasteiger partial charge in [-0.15, -0.1) is 0 Å². The highest BCUT2D eigenvalue weighted by Crippen LogP contribution is 2.11. The largest absolute Gasteiger partial charge is 0.508 e. The molecule has 0 spiro atoms. The number of hydrogen-bond acceptors (Lipinski definition) is 3. The molecular weight excluding hydrogens is 276 g/mol. The van der Waals surface area contributed by atoms with Gasteiger partial charge in [-0.1, -0.05) is 44.2 Å². The van der Waals surface area contributed by atoms with Crippen LogP contribution in [0.3, 0.4) is 0 Å². The Morgan fingerprint density at radius 2 is 1.68 bits per heavy atom. The smallest absolute Gasteiger partial charge is 0.271 e. The standard InChI is InChI=1S/C18H20N2O2/c1-13(2)12-17(14-6-4-3-5-7-14)19-20-18(22)15-8-10-16(21)11-9-15/h3-11,13,21H,12H2,1-2H3,(H,20,22). The molecule has 22 heavy (non-hydrogen) atoms. The number of carbonyl (C=O) groups excluding carboxylic acids is 1. The van der Waals surface area contributed by atoms with Crippen molar-refractivity contribution in [1.82, 2.24) is 5.43 Å². The van der Waals surface area contributed by atoms with E-state index in [1.54, 1.807) is 12.1 Å². The van der Waals surface area contributed by atoms with E-state index in [1.807, 2.05) is 30.3 Å². The van der Waals surface area contributed by atoms with Crippen LogP contribution in [0.25, 0.3) is 0 Å². The van der Waals surface area contributed by atoms with Crippen molar-refractivity contribution in [3.05, 3.63) is 65.7 Å². The highest BCUT2D eigenvalue weighted by Gasteiger charge is 2.09. The Morgan fingerprint density at radius 1 is 1.05 bits per heavy atom. The summed E-state index contributed by atoms with van der Waals surface area (Å²) in [7, 11) is 0. The van der Waals surface area contributed by atoms with E-state index in [0.717, 1.165) is 17.7 Å². The summed E-state index contributed by atoms with van der Waals surface area (Å²) in [6.07, 6.45) is 0.778. The first-order chi connectivity index (χ1) is 10.6. The lowest BCUT2D eigenvalue weighted by molar-refractivity contribution is 0.0954. The monoisotopic (exact) mass is 296 g/mol. The molecule has 0 saturated heterocycles. The molecule has 1 amide bonds. The zero-order valence-electron chi connectivity index (χ0n) is 12.8. The molecule has 0 bridgehead atoms. The Hall–Kier alpha value is -2.62. The van der Waals surface area contributed by atoms with Gasteiger partial charge in [0.25, 0.3) is 5.91 Å². The maximum atomic E-state index is 12.1. The Labute approximate surface area is 130 Å². The average molecular weight is 296 g/mol. The molecule has 0 aliphatic heterocycles. The van der Waals surface area contributed by atoms with Crippen LogP contribution < -0.4 is 5.43 Å². The van der Waals surface area contributed by atoms with E-state index in [-0.39, 0.29) is 11.7 Å². The maximum absolute atomic E-state index is 12.1. The van der Waals surface area contributed by atoms with Gasteiger partial charge >= 0.3 is 0 Å². The molecule has 0 atom stereocenters. The summed E-state index contributed by atoms with van der Waals surface area (Å²) < 4.78 is 0. The number of hydrogen-bond donors (Lipinski definition) is 2. The molecule has 0 unspecified atom stereocenters. The average Bonchev–Trinajstić information content (AvgIpc) is 2.52. The number of carbonyl (C=O) groups is 1. The van der Waals surface area contributed by atoms with Crippen LogP contribution in [0.4, 0.5) is 0 Å². The summed E-state index contributed by atoms with van der Waals surface area (Å²) in [5.41, 5.74) is 4.90. The van der Waals surface area contributed by atoms with E-state index in [0.29, 0.717) is 11.5 Å². The molecule has 114 valence electrons. The lowest BCUT2D eigenvalue weighted by atomic mass is 10.0. The summed E-state index contributed by atoms with van der Waals surface area (Å²) in [6, 6.07) is 15.9. The third-order valence-electron chi connectivity index (χ3n) is 3.13. The summed E-state index contributed by atoms with van der Waals surface area (Å²) in [5, 5.41) is 13.5. The fraction of sp³-hybridized carbons (Fsp3) is 0.222. The molecular formula is C18H20N2O2. The number of aromatic hydroxyl groups is 1. The van der Waals surface area contributed by atoms with Crippen molar-refractivity contribution in [3.8, 4) is 5.75 Å². The number of nitrogens with zero attached hydrogens (tertiary/aromatic N) is 1. The molecule has 0 aromatic heterocycles. The molecule has 4 nitrogen and oxygen atoms in total. The van der Waals surface area contributed by atoms with E-state index < -0.39 is 0 Å². The normalized spacial score (nSPS) is 11.5. The minimum atomic E-state index is -0.294. The lowest BCUT2D eigenvalue weighted by Crippen LogP contribution is -2.20. The van der Waals surface area contributed by atoms with Crippen LogP contribution in [0.1, 0.15) is 36.2 Å². The van der Waals surface area contributed by atoms with Crippen molar-refractivity contribution in [2.75, 3.05) is 0 Å². The van der Waals surface area contributed by atoms with Crippen LogP contribution in [-0.4, -0.2) is 16.7 Å². The molecule has 2 rings (SSSR count). The van der Waals surface area contributed by atoms with Gasteiger partial charge in [0.2, 0.25) is 0 Å². The Morgan fingerprint density at radius 3 is 2.27 bits per heavy atom. The van der Waals surface area contributed by atoms with Gasteiger partial charge in [0.1, 0.15) is 5.75 Å². The van der Waals surface area contributed by atoms with Crippen LogP contribution in [0, 0.1) is 5.92 Å². The molecule has 0 heterocycles. The zero-order chi connectivity index (χ0) is 15.9.